The molecule has 1 atom stereocenters. The molecule has 1 amide bonds. The number of carbonyl (C=O) groups excluding carboxylic acids is 1. The number of hydrogen-bond donors (Lipinski definition) is 1. The van der Waals surface area contributed by atoms with Gasteiger partial charge in [0.25, 0.3) is 11.6 Å². The summed E-state index contributed by atoms with van der Waals surface area (Å²) in [5.41, 5.74) is 0.423. The fourth-order valence-corrected chi connectivity index (χ4v) is 2.53. The molecule has 132 valence electrons. The van der Waals surface area contributed by atoms with Gasteiger partial charge >= 0.3 is 0 Å². The van der Waals surface area contributed by atoms with Gasteiger partial charge in [-0.15, -0.1) is 0 Å². The van der Waals surface area contributed by atoms with E-state index in [1.54, 1.807) is 31.2 Å². The molecule has 3 rings (SSSR count). The molecular weight excluding hydrogens is 362 g/mol. The molecule has 1 aliphatic rings. The normalized spacial score (nSPS) is 17.0. The highest BCUT2D eigenvalue weighted by Gasteiger charge is 2.35. The first kappa shape index (κ1) is 17.5. The van der Waals surface area contributed by atoms with Crippen LogP contribution in [-0.2, 0) is 4.79 Å². The Hall–Kier alpha value is -3.33. The van der Waals surface area contributed by atoms with Gasteiger partial charge in [0.15, 0.2) is 6.04 Å². The number of non-ortho nitro benzene ring substituents is 1. The average molecular weight is 374 g/mol. The Morgan fingerprint density at radius 3 is 2.73 bits per heavy atom. The topological polar surface area (TPSA) is 121 Å². The van der Waals surface area contributed by atoms with Crippen LogP contribution in [0, 0.1) is 10.1 Å². The number of benzene rings is 2. The molecule has 2 aromatic rings. The van der Waals surface area contributed by atoms with Crippen molar-refractivity contribution >= 4 is 40.3 Å². The second-order valence-corrected chi connectivity index (χ2v) is 5.80. The van der Waals surface area contributed by atoms with Crippen molar-refractivity contribution < 1.29 is 14.8 Å². The lowest BCUT2D eigenvalue weighted by Gasteiger charge is -2.13. The van der Waals surface area contributed by atoms with E-state index in [1.165, 1.54) is 0 Å². The number of nitro benzene ring substituents is 1. The summed E-state index contributed by atoms with van der Waals surface area (Å²) in [4.78, 5) is 22.8. The molecule has 9 nitrogen and oxygen atoms in total. The smallest absolute Gasteiger partial charge is 0.280 e. The molecule has 10 heteroatoms. The SMILES string of the molecule is CC1=NN(c2ccccc2Cl)C(=O)C1N=Nc1cc([N+](=O)[O-])ccc1O. The van der Waals surface area contributed by atoms with Crippen LogP contribution < -0.4 is 5.01 Å². The number of phenolic OH excluding ortho intramolecular Hbond substituents is 1. The first-order chi connectivity index (χ1) is 12.4. The van der Waals surface area contributed by atoms with Gasteiger partial charge in [0, 0.05) is 12.1 Å². The van der Waals surface area contributed by atoms with Gasteiger partial charge < -0.3 is 5.11 Å². The van der Waals surface area contributed by atoms with Gasteiger partial charge in [-0.05, 0) is 25.1 Å². The van der Waals surface area contributed by atoms with Crippen molar-refractivity contribution in [2.75, 3.05) is 5.01 Å². The number of phenols is 1. The van der Waals surface area contributed by atoms with Gasteiger partial charge in [-0.25, -0.2) is 0 Å². The Morgan fingerprint density at radius 2 is 2.04 bits per heavy atom. The first-order valence-corrected chi connectivity index (χ1v) is 7.78. The minimum absolute atomic E-state index is 0.115. The van der Waals surface area contributed by atoms with Crippen molar-refractivity contribution in [3.8, 4) is 5.75 Å². The number of carbonyl (C=O) groups is 1. The molecule has 0 aliphatic carbocycles. The number of nitrogens with zero attached hydrogens (tertiary/aromatic N) is 5. The van der Waals surface area contributed by atoms with Crippen LogP contribution in [0.5, 0.6) is 5.75 Å². The molecule has 0 spiro atoms. The van der Waals surface area contributed by atoms with E-state index in [-0.39, 0.29) is 17.1 Å². The molecule has 0 saturated carbocycles. The molecule has 2 aromatic carbocycles. The second kappa shape index (κ2) is 6.89. The fraction of sp³-hybridized carbons (Fsp3) is 0.125. The highest BCUT2D eigenvalue weighted by molar-refractivity contribution is 6.34. The molecule has 0 radical (unpaired) electrons. The Kier molecular flexibility index (Phi) is 4.63. The maximum Gasteiger partial charge on any atom is 0.280 e. The number of nitro groups is 1. The summed E-state index contributed by atoms with van der Waals surface area (Å²) in [6.45, 7) is 1.60. The van der Waals surface area contributed by atoms with E-state index in [0.29, 0.717) is 16.4 Å². The van der Waals surface area contributed by atoms with E-state index in [1.807, 2.05) is 0 Å². The molecule has 1 N–H and O–H groups in total. The van der Waals surface area contributed by atoms with Gasteiger partial charge in [-0.2, -0.15) is 20.3 Å². The number of halogens is 1. The minimum atomic E-state index is -1.01. The van der Waals surface area contributed by atoms with Crippen LogP contribution in [0.3, 0.4) is 0 Å². The summed E-state index contributed by atoms with van der Waals surface area (Å²) in [7, 11) is 0. The van der Waals surface area contributed by atoms with E-state index in [2.05, 4.69) is 15.3 Å². The van der Waals surface area contributed by atoms with Crippen LogP contribution in [-0.4, -0.2) is 27.7 Å². The number of amides is 1. The van der Waals surface area contributed by atoms with Crippen LogP contribution in [0.1, 0.15) is 6.92 Å². The molecule has 0 bridgehead atoms. The van der Waals surface area contributed by atoms with Crippen molar-refractivity contribution in [1.82, 2.24) is 0 Å². The van der Waals surface area contributed by atoms with E-state index >= 15 is 0 Å². The fourth-order valence-electron chi connectivity index (χ4n) is 2.31. The van der Waals surface area contributed by atoms with Crippen molar-refractivity contribution in [2.24, 2.45) is 15.3 Å². The van der Waals surface area contributed by atoms with Crippen molar-refractivity contribution in [3.63, 3.8) is 0 Å². The molecule has 1 aliphatic heterocycles. The number of hydrogen-bond acceptors (Lipinski definition) is 7. The zero-order chi connectivity index (χ0) is 18.8. The average Bonchev–Trinajstić information content (AvgIpc) is 2.88. The summed E-state index contributed by atoms with van der Waals surface area (Å²) < 4.78 is 0. The predicted molar refractivity (Wildman–Crippen MR) is 95.1 cm³/mol. The third-order valence-corrected chi connectivity index (χ3v) is 3.95. The summed E-state index contributed by atoms with van der Waals surface area (Å²) in [6, 6.07) is 9.05. The third-order valence-electron chi connectivity index (χ3n) is 3.63. The Morgan fingerprint density at radius 1 is 1.31 bits per heavy atom. The van der Waals surface area contributed by atoms with Crippen LogP contribution in [0.4, 0.5) is 17.1 Å². The van der Waals surface area contributed by atoms with Gasteiger partial charge in [-0.1, -0.05) is 23.7 Å². The van der Waals surface area contributed by atoms with E-state index in [9.17, 15) is 20.0 Å². The highest BCUT2D eigenvalue weighted by atomic mass is 35.5. The van der Waals surface area contributed by atoms with Crippen LogP contribution >= 0.6 is 11.6 Å². The van der Waals surface area contributed by atoms with Crippen LogP contribution in [0.2, 0.25) is 5.02 Å². The Labute approximate surface area is 152 Å². The zero-order valence-corrected chi connectivity index (χ0v) is 14.2. The van der Waals surface area contributed by atoms with Gasteiger partial charge in [0.2, 0.25) is 0 Å². The van der Waals surface area contributed by atoms with Crippen molar-refractivity contribution in [2.45, 2.75) is 13.0 Å². The second-order valence-electron chi connectivity index (χ2n) is 5.39. The van der Waals surface area contributed by atoms with E-state index < -0.39 is 16.9 Å². The van der Waals surface area contributed by atoms with Gasteiger partial charge in [-0.3, -0.25) is 14.9 Å². The third kappa shape index (κ3) is 3.24. The number of azo groups is 1. The van der Waals surface area contributed by atoms with E-state index in [0.717, 1.165) is 23.2 Å². The van der Waals surface area contributed by atoms with Crippen molar-refractivity contribution in [1.29, 1.82) is 0 Å². The Bertz CT molecular complexity index is 959. The lowest BCUT2D eigenvalue weighted by molar-refractivity contribution is -0.384. The number of hydrazone groups is 1. The van der Waals surface area contributed by atoms with Crippen LogP contribution in [0.15, 0.2) is 57.8 Å². The molecular formula is C16H12ClN5O4. The lowest BCUT2D eigenvalue weighted by Crippen LogP contribution is -2.29. The number of aromatic hydroxyl groups is 1. The zero-order valence-electron chi connectivity index (χ0n) is 13.4. The van der Waals surface area contributed by atoms with Gasteiger partial charge in [0.05, 0.1) is 21.3 Å². The Balaban J connectivity index is 1.88. The molecule has 0 fully saturated rings. The molecule has 0 aromatic heterocycles. The lowest BCUT2D eigenvalue weighted by atomic mass is 10.2. The molecule has 0 saturated heterocycles. The summed E-state index contributed by atoms with van der Waals surface area (Å²) in [5, 5.41) is 33.9. The van der Waals surface area contributed by atoms with Gasteiger partial charge in [0.1, 0.15) is 11.4 Å². The standard InChI is InChI=1S/C16H12ClN5O4/c1-9-15(16(24)21(20-9)13-5-3-2-4-11(13)17)19-18-12-8-10(22(25)26)6-7-14(12)23/h2-8,15,23H,1H3. The summed E-state index contributed by atoms with van der Waals surface area (Å²) in [5.74, 6) is -0.758. The summed E-state index contributed by atoms with van der Waals surface area (Å²) >= 11 is 6.09. The maximum absolute atomic E-state index is 12.6. The highest BCUT2D eigenvalue weighted by Crippen LogP contribution is 2.32. The maximum atomic E-state index is 12.6. The van der Waals surface area contributed by atoms with Crippen LogP contribution in [0.25, 0.3) is 0 Å². The molecule has 1 heterocycles. The van der Waals surface area contributed by atoms with E-state index in [4.69, 9.17) is 11.6 Å². The number of anilines is 1. The largest absolute Gasteiger partial charge is 0.506 e. The monoisotopic (exact) mass is 373 g/mol. The first-order valence-electron chi connectivity index (χ1n) is 7.40. The minimum Gasteiger partial charge on any atom is -0.506 e. The quantitative estimate of drug-likeness (QED) is 0.497. The molecule has 26 heavy (non-hydrogen) atoms. The predicted octanol–water partition coefficient (Wildman–Crippen LogP) is 3.83. The summed E-state index contributed by atoms with van der Waals surface area (Å²) in [6.07, 6.45) is 0. The number of para-hydroxylation sites is 1. The molecule has 1 unspecified atom stereocenters. The number of rotatable bonds is 4. The van der Waals surface area contributed by atoms with Crippen molar-refractivity contribution in [3.05, 3.63) is 57.6 Å².